The number of methoxy groups -OCH3 is 1. The minimum atomic E-state index is -0.438. The Kier molecular flexibility index (Phi) is 6.80. The van der Waals surface area contributed by atoms with E-state index in [2.05, 4.69) is 10.4 Å². The van der Waals surface area contributed by atoms with Crippen molar-refractivity contribution in [3.05, 3.63) is 82.8 Å². The molecule has 9 heteroatoms. The van der Waals surface area contributed by atoms with Crippen LogP contribution in [0.5, 0.6) is 11.5 Å². The topological polar surface area (TPSA) is 103 Å². The van der Waals surface area contributed by atoms with Crippen molar-refractivity contribution < 1.29 is 19.1 Å². The molecule has 1 aliphatic rings. The summed E-state index contributed by atoms with van der Waals surface area (Å²) in [7, 11) is 1.52. The van der Waals surface area contributed by atoms with Gasteiger partial charge in [-0.15, -0.1) is 0 Å². The summed E-state index contributed by atoms with van der Waals surface area (Å²) in [5.41, 5.74) is 0.521. The van der Waals surface area contributed by atoms with Gasteiger partial charge < -0.3 is 19.7 Å². The van der Waals surface area contributed by atoms with E-state index in [-0.39, 0.29) is 36.2 Å². The van der Waals surface area contributed by atoms with Crippen LogP contribution < -0.4 is 20.5 Å². The van der Waals surface area contributed by atoms with Crippen molar-refractivity contribution in [2.45, 2.75) is 19.0 Å². The van der Waals surface area contributed by atoms with Gasteiger partial charge in [-0.2, -0.15) is 5.10 Å². The molecule has 1 aromatic heterocycles. The van der Waals surface area contributed by atoms with Crippen LogP contribution >= 0.6 is 0 Å². The molecule has 1 N–H and O–H groups in total. The molecule has 9 nitrogen and oxygen atoms in total. The van der Waals surface area contributed by atoms with E-state index in [1.807, 2.05) is 42.5 Å². The summed E-state index contributed by atoms with van der Waals surface area (Å²) in [4.78, 5) is 38.7. The fraction of sp³-hybridized carbons (Fsp3) is 0.250. The van der Waals surface area contributed by atoms with Gasteiger partial charge in [-0.1, -0.05) is 18.2 Å². The fourth-order valence-electron chi connectivity index (χ4n) is 3.54. The maximum Gasteiger partial charge on any atom is 0.272 e. The van der Waals surface area contributed by atoms with E-state index in [4.69, 9.17) is 9.47 Å². The lowest BCUT2D eigenvalue weighted by Gasteiger charge is -2.18. The molecule has 170 valence electrons. The zero-order valence-corrected chi connectivity index (χ0v) is 18.1. The highest BCUT2D eigenvalue weighted by molar-refractivity contribution is 5.98. The summed E-state index contributed by atoms with van der Waals surface area (Å²) in [6.45, 7) is 0.891. The van der Waals surface area contributed by atoms with E-state index in [0.717, 1.165) is 11.4 Å². The lowest BCUT2D eigenvalue weighted by Crippen LogP contribution is -2.38. The molecule has 0 bridgehead atoms. The molecule has 2 heterocycles. The number of carbonyl (C=O) groups is 2. The highest BCUT2D eigenvalue weighted by Crippen LogP contribution is 2.27. The number of ether oxygens (including phenoxy) is 2. The monoisotopic (exact) mass is 448 g/mol. The third-order valence-electron chi connectivity index (χ3n) is 5.19. The second-order valence-electron chi connectivity index (χ2n) is 7.56. The van der Waals surface area contributed by atoms with Gasteiger partial charge in [0.15, 0.2) is 0 Å². The number of carbonyl (C=O) groups excluding carboxylic acids is 2. The van der Waals surface area contributed by atoms with Gasteiger partial charge in [-0.25, -0.2) is 4.68 Å². The Morgan fingerprint density at radius 3 is 2.48 bits per heavy atom. The van der Waals surface area contributed by atoms with Gasteiger partial charge in [0.05, 0.1) is 19.2 Å². The van der Waals surface area contributed by atoms with Crippen LogP contribution in [0.25, 0.3) is 0 Å². The molecule has 0 saturated carbocycles. The van der Waals surface area contributed by atoms with Crippen LogP contribution in [-0.4, -0.2) is 47.9 Å². The SMILES string of the molecule is COCCn1nc(C(=O)NC2CC(=O)N(c3ccc(Oc4ccccc4)cc3)C2)ccc1=O. The lowest BCUT2D eigenvalue weighted by atomic mass is 10.2. The van der Waals surface area contributed by atoms with Crippen LogP contribution in [0.3, 0.4) is 0 Å². The maximum absolute atomic E-state index is 12.6. The number of rotatable bonds is 8. The summed E-state index contributed by atoms with van der Waals surface area (Å²) in [5.74, 6) is 0.867. The van der Waals surface area contributed by atoms with Gasteiger partial charge in [0, 0.05) is 31.8 Å². The van der Waals surface area contributed by atoms with Crippen molar-refractivity contribution in [3.8, 4) is 11.5 Å². The van der Waals surface area contributed by atoms with Crippen LogP contribution in [-0.2, 0) is 16.1 Å². The zero-order valence-electron chi connectivity index (χ0n) is 18.1. The number of hydrogen-bond donors (Lipinski definition) is 1. The van der Waals surface area contributed by atoms with E-state index in [1.165, 1.54) is 23.9 Å². The molecule has 0 aliphatic carbocycles. The second kappa shape index (κ2) is 10.1. The van der Waals surface area contributed by atoms with Gasteiger partial charge >= 0.3 is 0 Å². The Hall–Kier alpha value is -3.98. The minimum Gasteiger partial charge on any atom is -0.457 e. The maximum atomic E-state index is 12.6. The molecule has 1 unspecified atom stereocenters. The van der Waals surface area contributed by atoms with E-state index in [0.29, 0.717) is 18.9 Å². The van der Waals surface area contributed by atoms with E-state index >= 15 is 0 Å². The number of para-hydroxylation sites is 1. The van der Waals surface area contributed by atoms with Crippen LogP contribution in [0.1, 0.15) is 16.9 Å². The molecular formula is C24H24N4O5. The number of benzene rings is 2. The number of hydrogen-bond acceptors (Lipinski definition) is 6. The number of aromatic nitrogens is 2. The quantitative estimate of drug-likeness (QED) is 0.567. The third-order valence-corrected chi connectivity index (χ3v) is 5.19. The smallest absolute Gasteiger partial charge is 0.272 e. The predicted octanol–water partition coefficient (Wildman–Crippen LogP) is 2.22. The first-order valence-electron chi connectivity index (χ1n) is 10.5. The Morgan fingerprint density at radius 1 is 1.03 bits per heavy atom. The van der Waals surface area contributed by atoms with E-state index in [9.17, 15) is 14.4 Å². The Bertz CT molecular complexity index is 1180. The summed E-state index contributed by atoms with van der Waals surface area (Å²) >= 11 is 0. The molecule has 2 amide bonds. The molecule has 33 heavy (non-hydrogen) atoms. The zero-order chi connectivity index (χ0) is 23.2. The predicted molar refractivity (Wildman–Crippen MR) is 122 cm³/mol. The Labute approximate surface area is 190 Å². The van der Waals surface area contributed by atoms with E-state index in [1.54, 1.807) is 17.0 Å². The van der Waals surface area contributed by atoms with Gasteiger partial charge in [-0.05, 0) is 42.5 Å². The van der Waals surface area contributed by atoms with Gasteiger partial charge in [0.2, 0.25) is 5.91 Å². The molecule has 0 radical (unpaired) electrons. The molecule has 0 spiro atoms. The summed E-state index contributed by atoms with van der Waals surface area (Å²) in [6.07, 6.45) is 0.178. The Morgan fingerprint density at radius 2 is 1.76 bits per heavy atom. The summed E-state index contributed by atoms with van der Waals surface area (Å²) < 4.78 is 11.9. The standard InChI is InChI=1S/C24H24N4O5/c1-32-14-13-28-22(29)12-11-21(26-28)24(31)25-17-15-23(30)27(16-17)18-7-9-20(10-8-18)33-19-5-3-2-4-6-19/h2-12,17H,13-16H2,1H3,(H,25,31). The highest BCUT2D eigenvalue weighted by Gasteiger charge is 2.32. The van der Waals surface area contributed by atoms with Crippen LogP contribution in [0, 0.1) is 0 Å². The molecule has 3 aromatic rings. The fourth-order valence-corrected chi connectivity index (χ4v) is 3.54. The first-order valence-corrected chi connectivity index (χ1v) is 10.5. The minimum absolute atomic E-state index is 0.0879. The number of anilines is 1. The van der Waals surface area contributed by atoms with Crippen LogP contribution in [0.2, 0.25) is 0 Å². The highest BCUT2D eigenvalue weighted by atomic mass is 16.5. The molecule has 2 aromatic carbocycles. The summed E-state index contributed by atoms with van der Waals surface area (Å²) in [6, 6.07) is 19.0. The van der Waals surface area contributed by atoms with Crippen LogP contribution in [0.15, 0.2) is 71.5 Å². The lowest BCUT2D eigenvalue weighted by molar-refractivity contribution is -0.117. The average Bonchev–Trinajstić information content (AvgIpc) is 3.19. The third kappa shape index (κ3) is 5.45. The first kappa shape index (κ1) is 22.2. The normalized spacial score (nSPS) is 15.5. The number of amides is 2. The van der Waals surface area contributed by atoms with Crippen molar-refractivity contribution >= 4 is 17.5 Å². The second-order valence-corrected chi connectivity index (χ2v) is 7.56. The number of nitrogens with zero attached hydrogens (tertiary/aromatic N) is 3. The van der Waals surface area contributed by atoms with Crippen molar-refractivity contribution in [1.82, 2.24) is 15.1 Å². The van der Waals surface area contributed by atoms with E-state index < -0.39 is 5.91 Å². The number of nitrogens with one attached hydrogen (secondary N) is 1. The first-order chi connectivity index (χ1) is 16.0. The summed E-state index contributed by atoms with van der Waals surface area (Å²) in [5, 5.41) is 6.93. The average molecular weight is 448 g/mol. The van der Waals surface area contributed by atoms with Gasteiger partial charge in [0.25, 0.3) is 11.5 Å². The van der Waals surface area contributed by atoms with Crippen molar-refractivity contribution in [1.29, 1.82) is 0 Å². The molecule has 4 rings (SSSR count). The molecular weight excluding hydrogens is 424 g/mol. The largest absolute Gasteiger partial charge is 0.457 e. The molecule has 1 saturated heterocycles. The van der Waals surface area contributed by atoms with Crippen molar-refractivity contribution in [2.75, 3.05) is 25.2 Å². The van der Waals surface area contributed by atoms with Crippen molar-refractivity contribution in [3.63, 3.8) is 0 Å². The van der Waals surface area contributed by atoms with Crippen molar-refractivity contribution in [2.24, 2.45) is 0 Å². The van der Waals surface area contributed by atoms with Gasteiger partial charge in [-0.3, -0.25) is 14.4 Å². The molecule has 1 aliphatic heterocycles. The Balaban J connectivity index is 1.38. The molecule has 1 atom stereocenters. The van der Waals surface area contributed by atoms with Crippen LogP contribution in [0.4, 0.5) is 5.69 Å². The van der Waals surface area contributed by atoms with Gasteiger partial charge in [0.1, 0.15) is 17.2 Å². The molecule has 1 fully saturated rings.